The van der Waals surface area contributed by atoms with Gasteiger partial charge in [-0.1, -0.05) is 11.6 Å². The third-order valence-electron chi connectivity index (χ3n) is 1.90. The van der Waals surface area contributed by atoms with Gasteiger partial charge in [0.05, 0.1) is 15.6 Å². The molecule has 100 valence electrons. The zero-order valence-corrected chi connectivity index (χ0v) is 12.1. The summed E-state index contributed by atoms with van der Waals surface area (Å²) < 4.78 is 4.16. The Morgan fingerprint density at radius 1 is 1.78 bits per heavy atom. The summed E-state index contributed by atoms with van der Waals surface area (Å²) in [6.07, 6.45) is 0.905. The number of aromatic nitrogens is 1. The predicted octanol–water partition coefficient (Wildman–Crippen LogP) is 1.91. The van der Waals surface area contributed by atoms with E-state index in [1.807, 2.05) is 0 Å². The maximum absolute atomic E-state index is 10.3. The van der Waals surface area contributed by atoms with Gasteiger partial charge in [0.2, 0.25) is 0 Å². The van der Waals surface area contributed by atoms with Crippen molar-refractivity contribution in [2.75, 3.05) is 19.3 Å². The minimum atomic E-state index is -0.499. The number of rotatable bonds is 8. The van der Waals surface area contributed by atoms with Crippen molar-refractivity contribution < 1.29 is 4.92 Å². The maximum atomic E-state index is 10.3. The van der Waals surface area contributed by atoms with Gasteiger partial charge in [-0.3, -0.25) is 10.1 Å². The molecule has 1 aromatic rings. The highest BCUT2D eigenvalue weighted by Crippen LogP contribution is 2.21. The second-order valence-electron chi connectivity index (χ2n) is 3.17. The molecule has 0 radical (unpaired) electrons. The topological polar surface area (TPSA) is 80.1 Å². The first-order valence-corrected chi connectivity index (χ1v) is 7.44. The number of hydrogen-bond donors (Lipinski definition) is 2. The molecular formula is C9H13ClN4O2S2. The van der Waals surface area contributed by atoms with Gasteiger partial charge in [0.25, 0.3) is 6.20 Å². The molecule has 0 aliphatic carbocycles. The molecule has 1 heterocycles. The summed E-state index contributed by atoms with van der Waals surface area (Å²) in [5.74, 6) is 1.95. The molecule has 0 fully saturated rings. The Morgan fingerprint density at radius 2 is 2.56 bits per heavy atom. The van der Waals surface area contributed by atoms with Crippen LogP contribution in [-0.2, 0) is 5.75 Å². The van der Waals surface area contributed by atoms with Crippen molar-refractivity contribution in [3.05, 3.63) is 38.2 Å². The number of nitrogens with zero attached hydrogens (tertiary/aromatic N) is 2. The highest BCUT2D eigenvalue weighted by atomic mass is 35.5. The Kier molecular flexibility index (Phi) is 6.84. The van der Waals surface area contributed by atoms with E-state index in [0.717, 1.165) is 23.4 Å². The summed E-state index contributed by atoms with van der Waals surface area (Å²) in [5.41, 5.74) is 0.890. The molecule has 0 bridgehead atoms. The lowest BCUT2D eigenvalue weighted by Crippen LogP contribution is -2.26. The van der Waals surface area contributed by atoms with Crippen molar-refractivity contribution in [1.29, 1.82) is 0 Å². The lowest BCUT2D eigenvalue weighted by Gasteiger charge is -2.07. The minimum absolute atomic E-state index is 0.396. The van der Waals surface area contributed by atoms with Gasteiger partial charge in [0.1, 0.15) is 0 Å². The Morgan fingerprint density at radius 3 is 3.11 bits per heavy atom. The SMILES string of the molecule is CNC(=C[N+](=O)[O-])NCCSCc1nscc1Cl. The summed E-state index contributed by atoms with van der Waals surface area (Å²) in [4.78, 5) is 9.77. The van der Waals surface area contributed by atoms with E-state index in [1.165, 1.54) is 11.5 Å². The molecule has 9 heteroatoms. The van der Waals surface area contributed by atoms with E-state index < -0.39 is 4.92 Å². The molecule has 1 aromatic heterocycles. The summed E-state index contributed by atoms with van der Waals surface area (Å²) in [5, 5.41) is 18.4. The van der Waals surface area contributed by atoms with Gasteiger partial charge in [0.15, 0.2) is 5.82 Å². The molecule has 0 aromatic carbocycles. The first kappa shape index (κ1) is 15.1. The molecule has 2 N–H and O–H groups in total. The zero-order chi connectivity index (χ0) is 13.4. The maximum Gasteiger partial charge on any atom is 0.274 e. The summed E-state index contributed by atoms with van der Waals surface area (Å²) in [6, 6.07) is 0. The quantitative estimate of drug-likeness (QED) is 0.434. The molecule has 18 heavy (non-hydrogen) atoms. The molecule has 0 amide bonds. The van der Waals surface area contributed by atoms with E-state index in [0.29, 0.717) is 17.4 Å². The van der Waals surface area contributed by atoms with Gasteiger partial charge < -0.3 is 10.6 Å². The van der Waals surface area contributed by atoms with Crippen LogP contribution in [0.15, 0.2) is 17.4 Å². The Balaban J connectivity index is 2.19. The second-order valence-corrected chi connectivity index (χ2v) is 5.31. The second kappa shape index (κ2) is 8.17. The monoisotopic (exact) mass is 308 g/mol. The number of nitro groups is 1. The highest BCUT2D eigenvalue weighted by molar-refractivity contribution is 7.98. The lowest BCUT2D eigenvalue weighted by atomic mass is 10.5. The molecule has 1 rings (SSSR count). The third-order valence-corrected chi connectivity index (χ3v) is 3.99. The Hall–Kier alpha value is -0.990. The number of thioether (sulfide) groups is 1. The standard InChI is InChI=1S/C9H13ClN4O2S2/c1-11-9(4-14(15)16)12-2-3-17-6-8-7(10)5-18-13-8/h4-5,11-12H,2-3,6H2,1H3. The average molecular weight is 309 g/mol. The fraction of sp³-hybridized carbons (Fsp3) is 0.444. The summed E-state index contributed by atoms with van der Waals surface area (Å²) >= 11 is 8.92. The van der Waals surface area contributed by atoms with Crippen LogP contribution in [0.25, 0.3) is 0 Å². The minimum Gasteiger partial charge on any atom is -0.370 e. The average Bonchev–Trinajstić information content (AvgIpc) is 2.72. The van der Waals surface area contributed by atoms with Crippen molar-refractivity contribution in [2.24, 2.45) is 0 Å². The van der Waals surface area contributed by atoms with Gasteiger partial charge in [0, 0.05) is 30.5 Å². The van der Waals surface area contributed by atoms with Crippen molar-refractivity contribution in [2.45, 2.75) is 5.75 Å². The van der Waals surface area contributed by atoms with Crippen LogP contribution in [0.1, 0.15) is 5.69 Å². The molecule has 0 aliphatic rings. The molecule has 0 spiro atoms. The van der Waals surface area contributed by atoms with Crippen LogP contribution in [0.3, 0.4) is 0 Å². The summed E-state index contributed by atoms with van der Waals surface area (Å²) in [6.45, 7) is 0.632. The van der Waals surface area contributed by atoms with Gasteiger partial charge in [-0.25, -0.2) is 0 Å². The van der Waals surface area contributed by atoms with Gasteiger partial charge in [-0.2, -0.15) is 16.1 Å². The third kappa shape index (κ3) is 5.56. The van der Waals surface area contributed by atoms with Crippen molar-refractivity contribution in [1.82, 2.24) is 15.0 Å². The van der Waals surface area contributed by atoms with Crippen LogP contribution in [0.5, 0.6) is 0 Å². The van der Waals surface area contributed by atoms with Crippen LogP contribution in [0.4, 0.5) is 0 Å². The van der Waals surface area contributed by atoms with Crippen molar-refractivity contribution in [3.63, 3.8) is 0 Å². The molecule has 0 saturated heterocycles. The van der Waals surface area contributed by atoms with Crippen LogP contribution in [-0.4, -0.2) is 28.6 Å². The van der Waals surface area contributed by atoms with Crippen LogP contribution in [0.2, 0.25) is 5.02 Å². The predicted molar refractivity (Wildman–Crippen MR) is 75.4 cm³/mol. The molecule has 0 aliphatic heterocycles. The van der Waals surface area contributed by atoms with Crippen LogP contribution >= 0.6 is 34.9 Å². The van der Waals surface area contributed by atoms with E-state index in [2.05, 4.69) is 15.0 Å². The molecule has 6 nitrogen and oxygen atoms in total. The van der Waals surface area contributed by atoms with E-state index in [-0.39, 0.29) is 0 Å². The fourth-order valence-electron chi connectivity index (χ4n) is 1.07. The number of halogens is 1. The first-order valence-electron chi connectivity index (χ1n) is 5.07. The van der Waals surface area contributed by atoms with Crippen LogP contribution < -0.4 is 10.6 Å². The molecule has 0 saturated carbocycles. The van der Waals surface area contributed by atoms with E-state index in [9.17, 15) is 10.1 Å². The smallest absolute Gasteiger partial charge is 0.274 e. The molecule has 0 atom stereocenters. The van der Waals surface area contributed by atoms with E-state index >= 15 is 0 Å². The number of nitrogens with one attached hydrogen (secondary N) is 2. The Labute approximate surface area is 118 Å². The highest BCUT2D eigenvalue weighted by Gasteiger charge is 2.03. The normalized spacial score (nSPS) is 11.3. The largest absolute Gasteiger partial charge is 0.370 e. The first-order chi connectivity index (χ1) is 8.63. The lowest BCUT2D eigenvalue weighted by molar-refractivity contribution is -0.404. The fourth-order valence-corrected chi connectivity index (χ4v) is 2.89. The van der Waals surface area contributed by atoms with Crippen LogP contribution in [0, 0.1) is 10.1 Å². The number of hydrogen-bond acceptors (Lipinski definition) is 7. The molecule has 0 unspecified atom stereocenters. The molecular weight excluding hydrogens is 296 g/mol. The van der Waals surface area contributed by atoms with Crippen molar-refractivity contribution in [3.8, 4) is 0 Å². The zero-order valence-electron chi connectivity index (χ0n) is 9.68. The van der Waals surface area contributed by atoms with Gasteiger partial charge in [-0.15, -0.1) is 0 Å². The van der Waals surface area contributed by atoms with E-state index in [1.54, 1.807) is 24.2 Å². The van der Waals surface area contributed by atoms with Crippen molar-refractivity contribution >= 4 is 34.9 Å². The Bertz CT molecular complexity index is 424. The summed E-state index contributed by atoms with van der Waals surface area (Å²) in [7, 11) is 1.63. The van der Waals surface area contributed by atoms with Gasteiger partial charge in [-0.05, 0) is 11.5 Å². The van der Waals surface area contributed by atoms with Gasteiger partial charge >= 0.3 is 0 Å². The van der Waals surface area contributed by atoms with E-state index in [4.69, 9.17) is 11.6 Å².